The average Bonchev–Trinajstić information content (AvgIpc) is 2.80. The minimum Gasteiger partial charge on any atom is -0.497 e. The Kier molecular flexibility index (Phi) is 8.24. The molecule has 1 atom stereocenters. The van der Waals surface area contributed by atoms with Gasteiger partial charge in [-0.1, -0.05) is 25.0 Å². The number of ether oxygens (including phenoxy) is 1. The number of methoxy groups -OCH3 is 1. The van der Waals surface area contributed by atoms with Crippen molar-refractivity contribution in [1.82, 2.24) is 4.98 Å². The number of nitrogens with one attached hydrogen (secondary N) is 1. The van der Waals surface area contributed by atoms with Gasteiger partial charge in [0.25, 0.3) is 0 Å². The number of benzene rings is 2. The summed E-state index contributed by atoms with van der Waals surface area (Å²) in [6.07, 6.45) is 4.60. The summed E-state index contributed by atoms with van der Waals surface area (Å²) in [4.78, 5) is 30.5. The van der Waals surface area contributed by atoms with Crippen LogP contribution in [0, 0.1) is 0 Å². The zero-order chi connectivity index (χ0) is 23.8. The van der Waals surface area contributed by atoms with E-state index in [-0.39, 0.29) is 18.2 Å². The van der Waals surface area contributed by atoms with Crippen LogP contribution in [0.4, 0.5) is 11.4 Å². The lowest BCUT2D eigenvalue weighted by atomic mass is 9.91. The monoisotopic (exact) mass is 449 g/mol. The van der Waals surface area contributed by atoms with E-state index in [4.69, 9.17) is 9.84 Å². The fourth-order valence-corrected chi connectivity index (χ4v) is 3.79. The summed E-state index contributed by atoms with van der Waals surface area (Å²) in [5.41, 5.74) is 3.45. The minimum atomic E-state index is -0.788. The molecule has 0 bridgehead atoms. The SMILES string of the molecule is COc1ccc2ncc(NC(=O)[C@@H](CCCCCC(=O)O)c3ccc(N(C)C)cc3)cc2c1. The fraction of sp³-hybridized carbons (Fsp3) is 0.346. The molecule has 0 spiro atoms. The van der Waals surface area contributed by atoms with E-state index in [0.29, 0.717) is 18.5 Å². The van der Waals surface area contributed by atoms with E-state index in [1.54, 1.807) is 13.3 Å². The highest BCUT2D eigenvalue weighted by atomic mass is 16.5. The van der Waals surface area contributed by atoms with Gasteiger partial charge < -0.3 is 20.1 Å². The molecule has 1 amide bonds. The second-order valence-electron chi connectivity index (χ2n) is 8.30. The van der Waals surface area contributed by atoms with Crippen molar-refractivity contribution in [3.05, 3.63) is 60.3 Å². The summed E-state index contributed by atoms with van der Waals surface area (Å²) in [6, 6.07) is 15.5. The van der Waals surface area contributed by atoms with E-state index in [1.807, 2.05) is 67.5 Å². The summed E-state index contributed by atoms with van der Waals surface area (Å²) in [7, 11) is 5.57. The summed E-state index contributed by atoms with van der Waals surface area (Å²) >= 11 is 0. The van der Waals surface area contributed by atoms with Gasteiger partial charge in [-0.15, -0.1) is 0 Å². The molecule has 2 N–H and O–H groups in total. The van der Waals surface area contributed by atoms with Gasteiger partial charge in [0.05, 0.1) is 30.4 Å². The lowest BCUT2D eigenvalue weighted by molar-refractivity contribution is -0.137. The maximum Gasteiger partial charge on any atom is 0.303 e. The maximum absolute atomic E-state index is 13.3. The van der Waals surface area contributed by atoms with Gasteiger partial charge in [0.15, 0.2) is 0 Å². The van der Waals surface area contributed by atoms with Crippen molar-refractivity contribution in [3.63, 3.8) is 0 Å². The molecular formula is C26H31N3O4. The third kappa shape index (κ3) is 6.68. The third-order valence-electron chi connectivity index (χ3n) is 5.67. The predicted octanol–water partition coefficient (Wildman–Crippen LogP) is 5.07. The topological polar surface area (TPSA) is 91.8 Å². The molecule has 1 aromatic heterocycles. The number of fused-ring (bicyclic) bond motifs is 1. The largest absolute Gasteiger partial charge is 0.497 e. The summed E-state index contributed by atoms with van der Waals surface area (Å²) in [6.45, 7) is 0. The van der Waals surface area contributed by atoms with Crippen LogP contribution in [0.2, 0.25) is 0 Å². The third-order valence-corrected chi connectivity index (χ3v) is 5.67. The van der Waals surface area contributed by atoms with Crippen LogP contribution in [-0.4, -0.2) is 43.2 Å². The first-order valence-electron chi connectivity index (χ1n) is 11.1. The molecule has 0 aliphatic heterocycles. The molecule has 174 valence electrons. The van der Waals surface area contributed by atoms with Crippen molar-refractivity contribution in [2.24, 2.45) is 0 Å². The molecule has 0 radical (unpaired) electrons. The van der Waals surface area contributed by atoms with Gasteiger partial charge in [-0.25, -0.2) is 0 Å². The van der Waals surface area contributed by atoms with Crippen LogP contribution in [-0.2, 0) is 9.59 Å². The Balaban J connectivity index is 1.77. The Morgan fingerprint density at radius 3 is 2.48 bits per heavy atom. The number of hydrogen-bond acceptors (Lipinski definition) is 5. The van der Waals surface area contributed by atoms with Crippen LogP contribution in [0.1, 0.15) is 43.6 Å². The Morgan fingerprint density at radius 2 is 1.82 bits per heavy atom. The molecule has 0 fully saturated rings. The second kappa shape index (κ2) is 11.3. The van der Waals surface area contributed by atoms with Gasteiger partial charge in [-0.05, 0) is 54.8 Å². The van der Waals surface area contributed by atoms with E-state index in [9.17, 15) is 9.59 Å². The van der Waals surface area contributed by atoms with Crippen molar-refractivity contribution >= 4 is 34.2 Å². The van der Waals surface area contributed by atoms with E-state index in [2.05, 4.69) is 10.3 Å². The number of aliphatic carboxylic acids is 1. The fourth-order valence-electron chi connectivity index (χ4n) is 3.79. The van der Waals surface area contributed by atoms with E-state index >= 15 is 0 Å². The van der Waals surface area contributed by atoms with Crippen molar-refractivity contribution in [1.29, 1.82) is 0 Å². The molecule has 33 heavy (non-hydrogen) atoms. The minimum absolute atomic E-state index is 0.102. The lowest BCUT2D eigenvalue weighted by Gasteiger charge is -2.19. The van der Waals surface area contributed by atoms with Crippen molar-refractivity contribution in [2.75, 3.05) is 31.4 Å². The number of aromatic nitrogens is 1. The number of carboxylic acids is 1. The first kappa shape index (κ1) is 24.0. The van der Waals surface area contributed by atoms with E-state index in [0.717, 1.165) is 40.7 Å². The van der Waals surface area contributed by atoms with E-state index < -0.39 is 5.97 Å². The van der Waals surface area contributed by atoms with Crippen LogP contribution in [0.3, 0.4) is 0 Å². The zero-order valence-corrected chi connectivity index (χ0v) is 19.4. The predicted molar refractivity (Wildman–Crippen MR) is 131 cm³/mol. The quantitative estimate of drug-likeness (QED) is 0.397. The number of carbonyl (C=O) groups is 2. The number of unbranched alkanes of at least 4 members (excludes halogenated alkanes) is 2. The summed E-state index contributed by atoms with van der Waals surface area (Å²) < 4.78 is 5.29. The van der Waals surface area contributed by atoms with E-state index in [1.165, 1.54) is 0 Å². The maximum atomic E-state index is 13.3. The Morgan fingerprint density at radius 1 is 1.06 bits per heavy atom. The molecule has 0 unspecified atom stereocenters. The number of rotatable bonds is 11. The van der Waals surface area contributed by atoms with Crippen LogP contribution in [0.25, 0.3) is 10.9 Å². The summed E-state index contributed by atoms with van der Waals surface area (Å²) in [5.74, 6) is -0.501. The lowest BCUT2D eigenvalue weighted by Crippen LogP contribution is -2.21. The molecule has 7 nitrogen and oxygen atoms in total. The summed E-state index contributed by atoms with van der Waals surface area (Å²) in [5, 5.41) is 12.8. The van der Waals surface area contributed by atoms with Crippen LogP contribution in [0.15, 0.2) is 54.7 Å². The van der Waals surface area contributed by atoms with Crippen LogP contribution >= 0.6 is 0 Å². The highest BCUT2D eigenvalue weighted by Crippen LogP contribution is 2.28. The van der Waals surface area contributed by atoms with Gasteiger partial charge >= 0.3 is 5.97 Å². The Bertz CT molecular complexity index is 1100. The van der Waals surface area contributed by atoms with Crippen molar-refractivity contribution < 1.29 is 19.4 Å². The van der Waals surface area contributed by atoms with Gasteiger partial charge in [-0.3, -0.25) is 14.6 Å². The number of amides is 1. The van der Waals surface area contributed by atoms with Gasteiger partial charge in [0, 0.05) is 31.6 Å². The number of carboxylic acid groups (broad SMARTS) is 1. The standard InChI is InChI=1S/C26H31N3O4/c1-29(2)21-11-9-18(10-12-21)23(7-5-4-6-8-25(30)31)26(32)28-20-15-19-16-22(33-3)13-14-24(19)27-17-20/h9-17,23H,4-8H2,1-3H3,(H,28,32)(H,30,31)/t23-/m0/s1. The van der Waals surface area contributed by atoms with Gasteiger partial charge in [-0.2, -0.15) is 0 Å². The van der Waals surface area contributed by atoms with Crippen molar-refractivity contribution in [2.45, 2.75) is 38.0 Å². The van der Waals surface area contributed by atoms with Crippen molar-refractivity contribution in [3.8, 4) is 5.75 Å². The molecule has 0 aliphatic carbocycles. The number of pyridine rings is 1. The number of carbonyl (C=O) groups excluding carboxylic acids is 1. The molecule has 0 aliphatic rings. The first-order valence-corrected chi connectivity index (χ1v) is 11.1. The first-order chi connectivity index (χ1) is 15.9. The highest BCUT2D eigenvalue weighted by Gasteiger charge is 2.21. The smallest absolute Gasteiger partial charge is 0.303 e. The Labute approximate surface area is 194 Å². The molecule has 3 aromatic rings. The zero-order valence-electron chi connectivity index (χ0n) is 19.4. The molecule has 0 saturated heterocycles. The molecule has 2 aromatic carbocycles. The molecule has 7 heteroatoms. The molecule has 1 heterocycles. The average molecular weight is 450 g/mol. The highest BCUT2D eigenvalue weighted by molar-refractivity contribution is 5.97. The van der Waals surface area contributed by atoms with Gasteiger partial charge in [0.1, 0.15) is 5.75 Å². The Hall–Kier alpha value is -3.61. The molecule has 3 rings (SSSR count). The van der Waals surface area contributed by atoms with Crippen LogP contribution < -0.4 is 15.0 Å². The van der Waals surface area contributed by atoms with Crippen LogP contribution in [0.5, 0.6) is 5.75 Å². The number of hydrogen-bond donors (Lipinski definition) is 2. The number of anilines is 2. The second-order valence-corrected chi connectivity index (χ2v) is 8.30. The molecular weight excluding hydrogens is 418 g/mol. The number of nitrogens with zero attached hydrogens (tertiary/aromatic N) is 2. The van der Waals surface area contributed by atoms with Gasteiger partial charge in [0.2, 0.25) is 5.91 Å². The molecule has 0 saturated carbocycles. The normalized spacial score (nSPS) is 11.7.